The molecule has 5 heteroatoms. The zero-order valence-electron chi connectivity index (χ0n) is 15.8. The number of aromatic nitrogens is 1. The Labute approximate surface area is 152 Å². The van der Waals surface area contributed by atoms with E-state index in [1.54, 1.807) is 0 Å². The van der Waals surface area contributed by atoms with Crippen LogP contribution in [0.2, 0.25) is 0 Å². The van der Waals surface area contributed by atoms with Crippen LogP contribution >= 0.6 is 0 Å². The summed E-state index contributed by atoms with van der Waals surface area (Å²) < 4.78 is 0. The molecular formula is C17H36NO3Ti-. The summed E-state index contributed by atoms with van der Waals surface area (Å²) in [5, 5.41) is 21.0. The van der Waals surface area contributed by atoms with Gasteiger partial charge in [0.15, 0.2) is 0 Å². The van der Waals surface area contributed by atoms with Gasteiger partial charge in [0.1, 0.15) is 0 Å². The standard InChI is InChI=1S/C14H24N.3CH4O.Ti/c1-7-13(3,4)11-9-10-12(15-11)14(5,6)8-2;3*1-2;/h9,15H,7-8H2,1-6H3;3*2H,1H3;/q-1;;;;. The summed E-state index contributed by atoms with van der Waals surface area (Å²) in [6, 6.07) is 5.50. The van der Waals surface area contributed by atoms with Gasteiger partial charge in [-0.05, 0) is 11.8 Å². The first-order chi connectivity index (χ1) is 9.83. The van der Waals surface area contributed by atoms with E-state index in [-0.39, 0.29) is 32.5 Å². The van der Waals surface area contributed by atoms with Crippen molar-refractivity contribution in [3.63, 3.8) is 0 Å². The van der Waals surface area contributed by atoms with Gasteiger partial charge in [-0.3, -0.25) is 0 Å². The van der Waals surface area contributed by atoms with Crippen LogP contribution in [0.1, 0.15) is 65.8 Å². The first-order valence-electron chi connectivity index (χ1n) is 7.29. The van der Waals surface area contributed by atoms with Crippen molar-refractivity contribution in [2.75, 3.05) is 21.3 Å². The van der Waals surface area contributed by atoms with Crippen molar-refractivity contribution < 1.29 is 37.0 Å². The number of aliphatic hydroxyl groups is 3. The Morgan fingerprint density at radius 3 is 1.55 bits per heavy atom. The number of nitrogens with one attached hydrogen (secondary N) is 1. The molecule has 0 aliphatic heterocycles. The Morgan fingerprint density at radius 2 is 1.23 bits per heavy atom. The van der Waals surface area contributed by atoms with Gasteiger partial charge in [0.05, 0.1) is 0 Å². The molecule has 0 bridgehead atoms. The van der Waals surface area contributed by atoms with Crippen LogP contribution in [0, 0.1) is 6.07 Å². The smallest absolute Gasteiger partial charge is 0.0319 e. The minimum Gasteiger partial charge on any atom is -0.454 e. The number of rotatable bonds is 4. The molecule has 0 aliphatic carbocycles. The van der Waals surface area contributed by atoms with Gasteiger partial charge in [-0.15, -0.1) is 5.69 Å². The minimum atomic E-state index is 0. The second kappa shape index (κ2) is 15.8. The predicted octanol–water partition coefficient (Wildman–Crippen LogP) is 3.01. The summed E-state index contributed by atoms with van der Waals surface area (Å²) in [6.45, 7) is 13.5. The molecule has 4 N–H and O–H groups in total. The van der Waals surface area contributed by atoms with Crippen molar-refractivity contribution in [3.05, 3.63) is 23.5 Å². The van der Waals surface area contributed by atoms with Crippen molar-refractivity contribution >= 4 is 0 Å². The van der Waals surface area contributed by atoms with Crippen molar-refractivity contribution in [2.24, 2.45) is 0 Å². The second-order valence-corrected chi connectivity index (χ2v) is 5.68. The van der Waals surface area contributed by atoms with Gasteiger partial charge in [-0.2, -0.15) is 0 Å². The van der Waals surface area contributed by atoms with Crippen molar-refractivity contribution in [2.45, 2.75) is 65.2 Å². The molecule has 0 amide bonds. The van der Waals surface area contributed by atoms with Crippen LogP contribution < -0.4 is 0 Å². The number of H-pyrrole nitrogens is 1. The Balaban J connectivity index is -0.000000206. The summed E-state index contributed by atoms with van der Waals surface area (Å²) in [7, 11) is 3.00. The van der Waals surface area contributed by atoms with E-state index < -0.39 is 0 Å². The van der Waals surface area contributed by atoms with Crippen LogP contribution in [0.5, 0.6) is 0 Å². The van der Waals surface area contributed by atoms with E-state index in [0.29, 0.717) is 0 Å². The van der Waals surface area contributed by atoms with Gasteiger partial charge in [0.25, 0.3) is 0 Å². The van der Waals surface area contributed by atoms with Gasteiger partial charge >= 0.3 is 0 Å². The van der Waals surface area contributed by atoms with Gasteiger partial charge < -0.3 is 20.3 Å². The molecule has 1 heterocycles. The summed E-state index contributed by atoms with van der Waals surface area (Å²) in [5.74, 6) is 0. The molecule has 1 aromatic heterocycles. The third-order valence-corrected chi connectivity index (χ3v) is 3.79. The monoisotopic (exact) mass is 350 g/mol. The average Bonchev–Trinajstić information content (AvgIpc) is 3.05. The molecule has 4 nitrogen and oxygen atoms in total. The molecule has 1 rings (SSSR count). The van der Waals surface area contributed by atoms with Crippen LogP contribution in [0.4, 0.5) is 0 Å². The van der Waals surface area contributed by atoms with E-state index in [9.17, 15) is 0 Å². The van der Waals surface area contributed by atoms with E-state index in [4.69, 9.17) is 15.3 Å². The summed E-state index contributed by atoms with van der Waals surface area (Å²) in [6.07, 6.45) is 2.28. The molecule has 0 spiro atoms. The van der Waals surface area contributed by atoms with Crippen LogP contribution in [0.25, 0.3) is 0 Å². The van der Waals surface area contributed by atoms with E-state index in [1.165, 1.54) is 11.4 Å². The number of aromatic amines is 1. The third kappa shape index (κ3) is 9.80. The largest absolute Gasteiger partial charge is 0.454 e. The fraction of sp³-hybridized carbons (Fsp3) is 0.765. The van der Waals surface area contributed by atoms with Crippen molar-refractivity contribution in [3.8, 4) is 0 Å². The van der Waals surface area contributed by atoms with Crippen LogP contribution in [-0.2, 0) is 32.5 Å². The Bertz CT molecular complexity index is 306. The van der Waals surface area contributed by atoms with E-state index in [1.807, 2.05) is 0 Å². The van der Waals surface area contributed by atoms with Gasteiger partial charge in [0.2, 0.25) is 0 Å². The number of hydrogen-bond donors (Lipinski definition) is 4. The maximum Gasteiger partial charge on any atom is 0.0319 e. The molecule has 0 saturated heterocycles. The first kappa shape index (κ1) is 29.8. The second-order valence-electron chi connectivity index (χ2n) is 5.68. The SMILES string of the molecule is CCC(C)(C)c1[c-]cc(C(C)(C)CC)[nH]1.CO.CO.CO.[Ti]. The third-order valence-electron chi connectivity index (χ3n) is 3.79. The fourth-order valence-electron chi connectivity index (χ4n) is 1.45. The quantitative estimate of drug-likeness (QED) is 0.498. The molecule has 0 aromatic carbocycles. The first-order valence-corrected chi connectivity index (χ1v) is 7.29. The molecule has 0 atom stereocenters. The summed E-state index contributed by atoms with van der Waals surface area (Å²) in [5.41, 5.74) is 2.99. The number of aliphatic hydroxyl groups excluding tert-OH is 3. The van der Waals surface area contributed by atoms with Gasteiger partial charge in [0, 0.05) is 43.0 Å². The van der Waals surface area contributed by atoms with E-state index in [0.717, 1.165) is 34.2 Å². The van der Waals surface area contributed by atoms with Crippen molar-refractivity contribution in [1.82, 2.24) is 4.98 Å². The maximum atomic E-state index is 7.00. The molecule has 0 aliphatic rings. The molecule has 0 saturated carbocycles. The van der Waals surface area contributed by atoms with Crippen molar-refractivity contribution in [1.29, 1.82) is 0 Å². The number of hydrogen-bond acceptors (Lipinski definition) is 3. The summed E-state index contributed by atoms with van der Waals surface area (Å²) in [4.78, 5) is 3.54. The van der Waals surface area contributed by atoms with Crippen LogP contribution in [0.3, 0.4) is 0 Å². The van der Waals surface area contributed by atoms with Crippen LogP contribution in [-0.4, -0.2) is 41.6 Å². The predicted molar refractivity (Wildman–Crippen MR) is 90.7 cm³/mol. The molecule has 22 heavy (non-hydrogen) atoms. The van der Waals surface area contributed by atoms with E-state index in [2.05, 4.69) is 58.7 Å². The van der Waals surface area contributed by atoms with Crippen LogP contribution in [0.15, 0.2) is 6.07 Å². The maximum absolute atomic E-state index is 7.00. The molecule has 0 unspecified atom stereocenters. The topological polar surface area (TPSA) is 76.5 Å². The Morgan fingerprint density at radius 1 is 0.864 bits per heavy atom. The fourth-order valence-corrected chi connectivity index (χ4v) is 1.45. The molecule has 132 valence electrons. The zero-order valence-corrected chi connectivity index (χ0v) is 17.4. The molecule has 1 aromatic rings. The van der Waals surface area contributed by atoms with Gasteiger partial charge in [-0.1, -0.05) is 59.1 Å². The molecular weight excluding hydrogens is 314 g/mol. The van der Waals surface area contributed by atoms with E-state index >= 15 is 0 Å². The summed E-state index contributed by atoms with van der Waals surface area (Å²) >= 11 is 0. The van der Waals surface area contributed by atoms with Gasteiger partial charge in [-0.25, -0.2) is 12.1 Å². The average molecular weight is 350 g/mol. The zero-order chi connectivity index (χ0) is 17.7. The Kier molecular flexibility index (Phi) is 21.4. The Hall–Kier alpha value is -0.126. The molecule has 0 fully saturated rings. The minimum absolute atomic E-state index is 0. The molecule has 0 radical (unpaired) electrons. The normalized spacial score (nSPS) is 9.82.